The Kier molecular flexibility index (Phi) is 4.45. The number of rotatable bonds is 4. The Morgan fingerprint density at radius 1 is 1.29 bits per heavy atom. The fraction of sp³-hybridized carbons (Fsp3) is 0.500. The minimum atomic E-state index is -0.468. The number of amides is 2. The van der Waals surface area contributed by atoms with E-state index in [0.717, 1.165) is 17.8 Å². The van der Waals surface area contributed by atoms with Gasteiger partial charge in [0.15, 0.2) is 0 Å². The fourth-order valence-electron chi connectivity index (χ4n) is 1.60. The molecule has 5 heteroatoms. The van der Waals surface area contributed by atoms with Gasteiger partial charge in [-0.3, -0.25) is 4.90 Å². The molecule has 1 rings (SSSR count). The second-order valence-electron chi connectivity index (χ2n) is 4.44. The van der Waals surface area contributed by atoms with E-state index in [1.165, 1.54) is 4.90 Å². The number of hydrogen-bond donors (Lipinski definition) is 1. The largest absolute Gasteiger partial charge is 0.351 e. The minimum absolute atomic E-state index is 0.468. The minimum Gasteiger partial charge on any atom is -0.351 e. The van der Waals surface area contributed by atoms with Crippen molar-refractivity contribution in [2.24, 2.45) is 5.73 Å². The van der Waals surface area contributed by atoms with Gasteiger partial charge in [0.25, 0.3) is 0 Å². The van der Waals surface area contributed by atoms with Crippen LogP contribution in [0.5, 0.6) is 0 Å². The molecule has 1 aromatic heterocycles. The molecule has 0 saturated heterocycles. The van der Waals surface area contributed by atoms with Gasteiger partial charge in [-0.1, -0.05) is 0 Å². The molecule has 0 saturated carbocycles. The van der Waals surface area contributed by atoms with E-state index in [1.807, 2.05) is 45.0 Å². The number of urea groups is 1. The van der Waals surface area contributed by atoms with Gasteiger partial charge in [-0.15, -0.1) is 0 Å². The Bertz CT molecular complexity index is 383. The lowest BCUT2D eigenvalue weighted by atomic mass is 10.2. The highest BCUT2D eigenvalue weighted by molar-refractivity contribution is 5.89. The summed E-state index contributed by atoms with van der Waals surface area (Å²) in [4.78, 5) is 19.3. The van der Waals surface area contributed by atoms with Crippen LogP contribution >= 0.6 is 0 Å². The zero-order chi connectivity index (χ0) is 13.0. The Morgan fingerprint density at radius 2 is 1.94 bits per heavy atom. The van der Waals surface area contributed by atoms with E-state index in [4.69, 9.17) is 5.73 Å². The van der Waals surface area contributed by atoms with Crippen LogP contribution in [0.15, 0.2) is 12.1 Å². The number of hydrogen-bond acceptors (Lipinski definition) is 3. The standard InChI is InChI=1S/C12H20N4O/c1-9-7-10(2)14-11(8-9)16(12(13)17)6-5-15(3)4/h7-8H,5-6H2,1-4H3,(H2,13,17). The molecule has 5 nitrogen and oxygen atoms in total. The van der Waals surface area contributed by atoms with Crippen LogP contribution in [0.1, 0.15) is 11.3 Å². The van der Waals surface area contributed by atoms with Gasteiger partial charge in [0.2, 0.25) is 0 Å². The summed E-state index contributed by atoms with van der Waals surface area (Å²) < 4.78 is 0. The van der Waals surface area contributed by atoms with Crippen molar-refractivity contribution in [2.75, 3.05) is 32.1 Å². The molecule has 0 fully saturated rings. The summed E-state index contributed by atoms with van der Waals surface area (Å²) in [6.07, 6.45) is 0. The summed E-state index contributed by atoms with van der Waals surface area (Å²) in [5.41, 5.74) is 7.34. The predicted molar refractivity (Wildman–Crippen MR) is 69.2 cm³/mol. The van der Waals surface area contributed by atoms with E-state index in [9.17, 15) is 4.79 Å². The predicted octanol–water partition coefficient (Wildman–Crippen LogP) is 1.15. The first-order chi connectivity index (χ1) is 7.90. The first-order valence-electron chi connectivity index (χ1n) is 5.57. The molecule has 2 N–H and O–H groups in total. The molecule has 1 heterocycles. The quantitative estimate of drug-likeness (QED) is 0.853. The van der Waals surface area contributed by atoms with Gasteiger partial charge in [0.05, 0.1) is 0 Å². The smallest absolute Gasteiger partial charge is 0.320 e. The van der Waals surface area contributed by atoms with Crippen LogP contribution in [0.2, 0.25) is 0 Å². The van der Waals surface area contributed by atoms with Crippen molar-refractivity contribution in [1.82, 2.24) is 9.88 Å². The Morgan fingerprint density at radius 3 is 2.41 bits per heavy atom. The van der Waals surface area contributed by atoms with Crippen LogP contribution in [0.3, 0.4) is 0 Å². The lowest BCUT2D eigenvalue weighted by molar-refractivity contribution is 0.253. The summed E-state index contributed by atoms with van der Waals surface area (Å²) in [5.74, 6) is 0.622. The second kappa shape index (κ2) is 5.63. The van der Waals surface area contributed by atoms with Gasteiger partial charge in [-0.2, -0.15) is 0 Å². The van der Waals surface area contributed by atoms with Crippen molar-refractivity contribution in [3.05, 3.63) is 23.4 Å². The zero-order valence-corrected chi connectivity index (χ0v) is 10.9. The van der Waals surface area contributed by atoms with Gasteiger partial charge < -0.3 is 10.6 Å². The van der Waals surface area contributed by atoms with Crippen LogP contribution in [0.25, 0.3) is 0 Å². The van der Waals surface area contributed by atoms with Gasteiger partial charge >= 0.3 is 6.03 Å². The molecule has 2 amide bonds. The molecule has 0 aliphatic heterocycles. The highest BCUT2D eigenvalue weighted by atomic mass is 16.2. The zero-order valence-electron chi connectivity index (χ0n) is 10.9. The maximum atomic E-state index is 11.4. The van der Waals surface area contributed by atoms with Crippen molar-refractivity contribution in [2.45, 2.75) is 13.8 Å². The van der Waals surface area contributed by atoms with E-state index in [1.54, 1.807) is 0 Å². The topological polar surface area (TPSA) is 62.5 Å². The third-order valence-electron chi connectivity index (χ3n) is 2.40. The molecule has 0 bridgehead atoms. The molecular formula is C12H20N4O. The van der Waals surface area contributed by atoms with Crippen molar-refractivity contribution < 1.29 is 4.79 Å². The van der Waals surface area contributed by atoms with Gasteiger partial charge in [-0.25, -0.2) is 9.78 Å². The number of carbonyl (C=O) groups is 1. The number of nitrogens with zero attached hydrogens (tertiary/aromatic N) is 3. The third kappa shape index (κ3) is 4.03. The molecule has 94 valence electrons. The molecule has 0 spiro atoms. The first kappa shape index (κ1) is 13.4. The van der Waals surface area contributed by atoms with Gasteiger partial charge in [-0.05, 0) is 45.6 Å². The van der Waals surface area contributed by atoms with E-state index >= 15 is 0 Å². The number of aryl methyl sites for hydroxylation is 2. The monoisotopic (exact) mass is 236 g/mol. The normalized spacial score (nSPS) is 10.6. The second-order valence-corrected chi connectivity index (χ2v) is 4.44. The summed E-state index contributed by atoms with van der Waals surface area (Å²) in [6, 6.07) is 3.37. The van der Waals surface area contributed by atoms with Crippen molar-refractivity contribution in [3.8, 4) is 0 Å². The molecule has 0 aliphatic rings. The summed E-state index contributed by atoms with van der Waals surface area (Å²) in [5, 5.41) is 0. The van der Waals surface area contributed by atoms with E-state index in [-0.39, 0.29) is 0 Å². The highest BCUT2D eigenvalue weighted by Crippen LogP contribution is 2.14. The van der Waals surface area contributed by atoms with Crippen LogP contribution in [0, 0.1) is 13.8 Å². The molecule has 1 aromatic rings. The molecular weight excluding hydrogens is 216 g/mol. The molecule has 0 aromatic carbocycles. The maximum Gasteiger partial charge on any atom is 0.320 e. The molecule has 0 atom stereocenters. The average molecular weight is 236 g/mol. The van der Waals surface area contributed by atoms with Crippen molar-refractivity contribution in [3.63, 3.8) is 0 Å². The average Bonchev–Trinajstić information content (AvgIpc) is 2.14. The van der Waals surface area contributed by atoms with Crippen LogP contribution in [-0.2, 0) is 0 Å². The van der Waals surface area contributed by atoms with Crippen LogP contribution < -0.4 is 10.6 Å². The molecule has 0 aliphatic carbocycles. The SMILES string of the molecule is Cc1cc(C)nc(N(CCN(C)C)C(N)=O)c1. The summed E-state index contributed by atoms with van der Waals surface area (Å²) in [6.45, 7) is 5.17. The highest BCUT2D eigenvalue weighted by Gasteiger charge is 2.14. The molecule has 17 heavy (non-hydrogen) atoms. The lowest BCUT2D eigenvalue weighted by Crippen LogP contribution is -2.40. The molecule has 0 radical (unpaired) electrons. The summed E-state index contributed by atoms with van der Waals surface area (Å²) >= 11 is 0. The maximum absolute atomic E-state index is 11.4. The Hall–Kier alpha value is -1.62. The van der Waals surface area contributed by atoms with Crippen LogP contribution in [0.4, 0.5) is 10.6 Å². The number of likely N-dealkylation sites (N-methyl/N-ethyl adjacent to an activating group) is 1. The van der Waals surface area contributed by atoms with Crippen LogP contribution in [-0.4, -0.2) is 43.1 Å². The number of primary amides is 1. The number of nitrogens with two attached hydrogens (primary N) is 1. The Balaban J connectivity index is 2.93. The number of pyridine rings is 1. The Labute approximate surface area is 102 Å². The van der Waals surface area contributed by atoms with E-state index in [0.29, 0.717) is 12.4 Å². The fourth-order valence-corrected chi connectivity index (χ4v) is 1.60. The van der Waals surface area contributed by atoms with E-state index < -0.39 is 6.03 Å². The first-order valence-corrected chi connectivity index (χ1v) is 5.57. The number of anilines is 1. The lowest BCUT2D eigenvalue weighted by Gasteiger charge is -2.22. The van der Waals surface area contributed by atoms with E-state index in [2.05, 4.69) is 4.98 Å². The number of carbonyl (C=O) groups excluding carboxylic acids is 1. The third-order valence-corrected chi connectivity index (χ3v) is 2.40. The van der Waals surface area contributed by atoms with Gasteiger partial charge in [0, 0.05) is 18.8 Å². The van der Waals surface area contributed by atoms with Crippen molar-refractivity contribution >= 4 is 11.8 Å². The van der Waals surface area contributed by atoms with Crippen molar-refractivity contribution in [1.29, 1.82) is 0 Å². The number of aromatic nitrogens is 1. The summed E-state index contributed by atoms with van der Waals surface area (Å²) in [7, 11) is 3.90. The molecule has 0 unspecified atom stereocenters. The van der Waals surface area contributed by atoms with Gasteiger partial charge in [0.1, 0.15) is 5.82 Å².